The summed E-state index contributed by atoms with van der Waals surface area (Å²) >= 11 is 1.66. The van der Waals surface area contributed by atoms with Gasteiger partial charge in [0.25, 0.3) is 5.91 Å². The molecule has 1 aliphatic rings. The van der Waals surface area contributed by atoms with Crippen molar-refractivity contribution in [3.8, 4) is 0 Å². The molecule has 0 bridgehead atoms. The Morgan fingerprint density at radius 1 is 1.26 bits per heavy atom. The topological polar surface area (TPSA) is 42.0 Å². The molecule has 1 fully saturated rings. The van der Waals surface area contributed by atoms with Gasteiger partial charge in [-0.25, -0.2) is 0 Å². The third-order valence-electron chi connectivity index (χ3n) is 4.29. The van der Waals surface area contributed by atoms with Crippen LogP contribution in [0.15, 0.2) is 47.8 Å². The molecule has 2 heterocycles. The molecule has 0 radical (unpaired) electrons. The summed E-state index contributed by atoms with van der Waals surface area (Å²) < 4.78 is 0. The Balaban J connectivity index is 1.70. The zero-order valence-electron chi connectivity index (χ0n) is 13.0. The van der Waals surface area contributed by atoms with Gasteiger partial charge in [-0.2, -0.15) is 0 Å². The molecule has 3 aromatic rings. The molecule has 4 heteroatoms. The SMILES string of the molecule is C[C@@H](NC(=O)c1cc(C2CC2)nc2ccccc12)c1cccs1. The Kier molecular flexibility index (Phi) is 3.62. The van der Waals surface area contributed by atoms with Gasteiger partial charge in [-0.3, -0.25) is 9.78 Å². The van der Waals surface area contributed by atoms with E-state index in [9.17, 15) is 4.79 Å². The van der Waals surface area contributed by atoms with Gasteiger partial charge < -0.3 is 5.32 Å². The maximum Gasteiger partial charge on any atom is 0.252 e. The molecule has 1 N–H and O–H groups in total. The number of benzene rings is 1. The quantitative estimate of drug-likeness (QED) is 0.759. The molecule has 3 nitrogen and oxygen atoms in total. The van der Waals surface area contributed by atoms with Gasteiger partial charge in [-0.15, -0.1) is 11.3 Å². The van der Waals surface area contributed by atoms with Crippen LogP contribution in [-0.4, -0.2) is 10.9 Å². The van der Waals surface area contributed by atoms with Gasteiger partial charge in [0.2, 0.25) is 0 Å². The van der Waals surface area contributed by atoms with Crippen molar-refractivity contribution < 1.29 is 4.79 Å². The largest absolute Gasteiger partial charge is 0.345 e. The fourth-order valence-electron chi connectivity index (χ4n) is 2.86. The zero-order chi connectivity index (χ0) is 15.8. The molecule has 0 aliphatic heterocycles. The van der Waals surface area contributed by atoms with E-state index in [1.54, 1.807) is 11.3 Å². The van der Waals surface area contributed by atoms with Crippen LogP contribution < -0.4 is 5.32 Å². The van der Waals surface area contributed by atoms with Crippen LogP contribution in [0.5, 0.6) is 0 Å². The van der Waals surface area contributed by atoms with E-state index in [-0.39, 0.29) is 11.9 Å². The van der Waals surface area contributed by atoms with Crippen molar-refractivity contribution in [1.29, 1.82) is 0 Å². The number of nitrogens with zero attached hydrogens (tertiary/aromatic N) is 1. The zero-order valence-corrected chi connectivity index (χ0v) is 13.8. The van der Waals surface area contributed by atoms with Crippen LogP contribution in [0.1, 0.15) is 52.7 Å². The van der Waals surface area contributed by atoms with Gasteiger partial charge >= 0.3 is 0 Å². The Labute approximate surface area is 139 Å². The monoisotopic (exact) mass is 322 g/mol. The van der Waals surface area contributed by atoms with Crippen molar-refractivity contribution in [3.63, 3.8) is 0 Å². The number of nitrogens with one attached hydrogen (secondary N) is 1. The average Bonchev–Trinajstić information content (AvgIpc) is 3.27. The van der Waals surface area contributed by atoms with Crippen LogP contribution in [-0.2, 0) is 0 Å². The molecule has 1 amide bonds. The normalized spacial score (nSPS) is 15.5. The lowest BCUT2D eigenvalue weighted by atomic mass is 10.0. The lowest BCUT2D eigenvalue weighted by Gasteiger charge is -2.14. The number of aromatic nitrogens is 1. The lowest BCUT2D eigenvalue weighted by molar-refractivity contribution is 0.0942. The van der Waals surface area contributed by atoms with E-state index in [2.05, 4.69) is 11.4 Å². The number of hydrogen-bond donors (Lipinski definition) is 1. The van der Waals surface area contributed by atoms with Crippen molar-refractivity contribution in [1.82, 2.24) is 10.3 Å². The van der Waals surface area contributed by atoms with Gasteiger partial charge in [-0.05, 0) is 43.3 Å². The number of carbonyl (C=O) groups is 1. The summed E-state index contributed by atoms with van der Waals surface area (Å²) in [5, 5.41) is 6.08. The van der Waals surface area contributed by atoms with E-state index >= 15 is 0 Å². The molecule has 1 atom stereocenters. The Bertz CT molecular complexity index is 853. The first-order chi connectivity index (χ1) is 11.2. The van der Waals surface area contributed by atoms with Crippen LogP contribution in [0.4, 0.5) is 0 Å². The van der Waals surface area contributed by atoms with E-state index in [1.807, 2.05) is 48.7 Å². The second-order valence-corrected chi connectivity index (χ2v) is 7.08. The van der Waals surface area contributed by atoms with Crippen LogP contribution in [0.2, 0.25) is 0 Å². The van der Waals surface area contributed by atoms with E-state index in [0.717, 1.165) is 22.2 Å². The second-order valence-electron chi connectivity index (χ2n) is 6.10. The highest BCUT2D eigenvalue weighted by Gasteiger charge is 2.27. The highest BCUT2D eigenvalue weighted by molar-refractivity contribution is 7.10. The van der Waals surface area contributed by atoms with Gasteiger partial charge in [-0.1, -0.05) is 24.3 Å². The van der Waals surface area contributed by atoms with E-state index < -0.39 is 0 Å². The highest BCUT2D eigenvalue weighted by atomic mass is 32.1. The predicted octanol–water partition coefficient (Wildman–Crippen LogP) is 4.66. The molecular formula is C19H18N2OS. The minimum Gasteiger partial charge on any atom is -0.345 e. The molecule has 1 aliphatic carbocycles. The van der Waals surface area contributed by atoms with Crippen LogP contribution in [0.25, 0.3) is 10.9 Å². The molecule has 4 rings (SSSR count). The van der Waals surface area contributed by atoms with Crippen LogP contribution in [0.3, 0.4) is 0 Å². The summed E-state index contributed by atoms with van der Waals surface area (Å²) in [4.78, 5) is 18.7. The van der Waals surface area contributed by atoms with Crippen molar-refractivity contribution in [2.24, 2.45) is 0 Å². The van der Waals surface area contributed by atoms with Crippen LogP contribution in [0, 0.1) is 0 Å². The van der Waals surface area contributed by atoms with Crippen LogP contribution >= 0.6 is 11.3 Å². The Morgan fingerprint density at radius 2 is 2.09 bits per heavy atom. The molecule has 2 aromatic heterocycles. The predicted molar refractivity (Wildman–Crippen MR) is 93.9 cm³/mol. The lowest BCUT2D eigenvalue weighted by Crippen LogP contribution is -2.26. The number of hydrogen-bond acceptors (Lipinski definition) is 3. The van der Waals surface area contributed by atoms with Crippen molar-refractivity contribution in [2.75, 3.05) is 0 Å². The third-order valence-corrected chi connectivity index (χ3v) is 5.35. The van der Waals surface area contributed by atoms with Gasteiger partial charge in [0.15, 0.2) is 0 Å². The minimum absolute atomic E-state index is 0.0128. The highest BCUT2D eigenvalue weighted by Crippen LogP contribution is 2.40. The molecule has 116 valence electrons. The summed E-state index contributed by atoms with van der Waals surface area (Å²) in [5.41, 5.74) is 2.70. The molecule has 0 saturated heterocycles. The first kappa shape index (κ1) is 14.4. The molecule has 23 heavy (non-hydrogen) atoms. The number of amides is 1. The number of para-hydroxylation sites is 1. The number of carbonyl (C=O) groups excluding carboxylic acids is 1. The molecule has 1 aromatic carbocycles. The van der Waals surface area contributed by atoms with Gasteiger partial charge in [0.05, 0.1) is 17.1 Å². The van der Waals surface area contributed by atoms with E-state index in [0.29, 0.717) is 5.92 Å². The van der Waals surface area contributed by atoms with Crippen molar-refractivity contribution in [2.45, 2.75) is 31.7 Å². The number of pyridine rings is 1. The molecule has 1 saturated carbocycles. The number of fused-ring (bicyclic) bond motifs is 1. The van der Waals surface area contributed by atoms with E-state index in [4.69, 9.17) is 4.98 Å². The Hall–Kier alpha value is -2.20. The number of rotatable bonds is 4. The smallest absolute Gasteiger partial charge is 0.252 e. The van der Waals surface area contributed by atoms with E-state index in [1.165, 1.54) is 17.7 Å². The standard InChI is InChI=1S/C19H18N2OS/c1-12(18-7-4-10-23-18)20-19(22)15-11-17(13-8-9-13)21-16-6-3-2-5-14(15)16/h2-7,10-13H,8-9H2,1H3,(H,20,22)/t12-/m1/s1. The molecule has 0 spiro atoms. The maximum atomic E-state index is 12.8. The fourth-order valence-corrected chi connectivity index (χ4v) is 3.59. The van der Waals surface area contributed by atoms with Crippen molar-refractivity contribution in [3.05, 3.63) is 64.0 Å². The summed E-state index contributed by atoms with van der Waals surface area (Å²) in [6.07, 6.45) is 2.36. The Morgan fingerprint density at radius 3 is 2.83 bits per heavy atom. The minimum atomic E-state index is -0.0219. The summed E-state index contributed by atoms with van der Waals surface area (Å²) in [6.45, 7) is 2.02. The van der Waals surface area contributed by atoms with Gasteiger partial charge in [0.1, 0.15) is 0 Å². The van der Waals surface area contributed by atoms with Crippen molar-refractivity contribution >= 4 is 28.1 Å². The first-order valence-corrected chi connectivity index (χ1v) is 8.84. The molecular weight excluding hydrogens is 304 g/mol. The molecule has 0 unspecified atom stereocenters. The maximum absolute atomic E-state index is 12.8. The summed E-state index contributed by atoms with van der Waals surface area (Å²) in [7, 11) is 0. The summed E-state index contributed by atoms with van der Waals surface area (Å²) in [5.74, 6) is 0.507. The average molecular weight is 322 g/mol. The first-order valence-electron chi connectivity index (χ1n) is 7.96. The summed E-state index contributed by atoms with van der Waals surface area (Å²) in [6, 6.07) is 14.0. The fraction of sp³-hybridized carbons (Fsp3) is 0.263. The van der Waals surface area contributed by atoms with Gasteiger partial charge in [0, 0.05) is 21.9 Å². The second kappa shape index (κ2) is 5.78. The third kappa shape index (κ3) is 2.86. The number of thiophene rings is 1.